The normalized spacial score (nSPS) is 19.2. The number of hydrogen-bond donors (Lipinski definition) is 1. The largest absolute Gasteiger partial charge is 0.469 e. The highest BCUT2D eigenvalue weighted by molar-refractivity contribution is 5.24. The minimum Gasteiger partial charge on any atom is -0.469 e. The van der Waals surface area contributed by atoms with Gasteiger partial charge in [0.2, 0.25) is 0 Å². The second kappa shape index (κ2) is 4.33. The molecule has 2 aromatic heterocycles. The van der Waals surface area contributed by atoms with Gasteiger partial charge in [0.1, 0.15) is 12.1 Å². The molecule has 90 valence electrons. The maximum absolute atomic E-state index is 5.47. The van der Waals surface area contributed by atoms with Crippen LogP contribution < -0.4 is 5.32 Å². The van der Waals surface area contributed by atoms with E-state index >= 15 is 0 Å². The second-order valence-corrected chi connectivity index (χ2v) is 4.46. The molecule has 0 aliphatic heterocycles. The Morgan fingerprint density at radius 2 is 2.53 bits per heavy atom. The van der Waals surface area contributed by atoms with Crippen molar-refractivity contribution < 1.29 is 4.42 Å². The number of fused-ring (bicyclic) bond motifs is 1. The minimum absolute atomic E-state index is 0.376. The summed E-state index contributed by atoms with van der Waals surface area (Å²) >= 11 is 0. The lowest BCUT2D eigenvalue weighted by Crippen LogP contribution is -2.24. The summed E-state index contributed by atoms with van der Waals surface area (Å²) in [7, 11) is 1.88. The van der Waals surface area contributed by atoms with Gasteiger partial charge in [0.25, 0.3) is 0 Å². The van der Waals surface area contributed by atoms with Crippen molar-refractivity contribution in [2.24, 2.45) is 7.05 Å². The van der Waals surface area contributed by atoms with Crippen molar-refractivity contribution in [3.05, 3.63) is 35.8 Å². The zero-order valence-corrected chi connectivity index (χ0v) is 9.89. The predicted molar refractivity (Wildman–Crippen MR) is 62.2 cm³/mol. The molecule has 1 aliphatic rings. The zero-order chi connectivity index (χ0) is 11.7. The van der Waals surface area contributed by atoms with Crippen LogP contribution in [0.3, 0.4) is 0 Å². The van der Waals surface area contributed by atoms with Crippen molar-refractivity contribution >= 4 is 0 Å². The second-order valence-electron chi connectivity index (χ2n) is 4.46. The highest BCUT2D eigenvalue weighted by atomic mass is 16.3. The fourth-order valence-electron chi connectivity index (χ4n) is 2.38. The van der Waals surface area contributed by atoms with Gasteiger partial charge >= 0.3 is 0 Å². The minimum atomic E-state index is 0.376. The van der Waals surface area contributed by atoms with Gasteiger partial charge in [0.05, 0.1) is 12.8 Å². The van der Waals surface area contributed by atoms with Crippen LogP contribution in [0.2, 0.25) is 0 Å². The third-order valence-corrected chi connectivity index (χ3v) is 3.21. The molecule has 5 heteroatoms. The van der Waals surface area contributed by atoms with Gasteiger partial charge in [0.15, 0.2) is 5.82 Å². The molecule has 2 heterocycles. The molecule has 0 aromatic carbocycles. The molecule has 1 N–H and O–H groups in total. The smallest absolute Gasteiger partial charge is 0.164 e. The molecule has 0 saturated carbocycles. The van der Waals surface area contributed by atoms with Crippen molar-refractivity contribution in [3.63, 3.8) is 0 Å². The summed E-state index contributed by atoms with van der Waals surface area (Å²) in [6.07, 6.45) is 6.89. The van der Waals surface area contributed by atoms with Gasteiger partial charge in [-0.25, -0.2) is 4.98 Å². The monoisotopic (exact) mass is 232 g/mol. The van der Waals surface area contributed by atoms with E-state index in [9.17, 15) is 0 Å². The Bertz CT molecular complexity index is 502. The maximum Gasteiger partial charge on any atom is 0.164 e. The number of aryl methyl sites for hydroxylation is 2. The van der Waals surface area contributed by atoms with Gasteiger partial charge in [-0.15, -0.1) is 0 Å². The number of rotatable bonds is 3. The molecule has 1 atom stereocenters. The summed E-state index contributed by atoms with van der Waals surface area (Å²) in [6, 6.07) is 2.44. The third kappa shape index (κ3) is 2.10. The summed E-state index contributed by atoms with van der Waals surface area (Å²) in [6.45, 7) is 0.704. The fourth-order valence-corrected chi connectivity index (χ4v) is 2.38. The van der Waals surface area contributed by atoms with E-state index in [1.54, 1.807) is 17.3 Å². The molecule has 5 nitrogen and oxygen atoms in total. The van der Waals surface area contributed by atoms with Crippen LogP contribution in [0.15, 0.2) is 23.1 Å². The number of aromatic nitrogens is 3. The maximum atomic E-state index is 5.47. The van der Waals surface area contributed by atoms with E-state index in [0.717, 1.165) is 24.4 Å². The molecule has 0 spiro atoms. The lowest BCUT2D eigenvalue weighted by Gasteiger charge is -2.22. The lowest BCUT2D eigenvalue weighted by molar-refractivity contribution is 0.407. The van der Waals surface area contributed by atoms with Gasteiger partial charge in [-0.3, -0.25) is 4.68 Å². The zero-order valence-electron chi connectivity index (χ0n) is 9.89. The molecule has 17 heavy (non-hydrogen) atoms. The van der Waals surface area contributed by atoms with Gasteiger partial charge in [-0.1, -0.05) is 0 Å². The molecule has 1 unspecified atom stereocenters. The molecule has 3 rings (SSSR count). The van der Waals surface area contributed by atoms with E-state index in [1.807, 2.05) is 7.05 Å². The quantitative estimate of drug-likeness (QED) is 0.872. The molecule has 0 fully saturated rings. The molecular formula is C12H16N4O. The van der Waals surface area contributed by atoms with E-state index in [1.165, 1.54) is 12.0 Å². The Morgan fingerprint density at radius 3 is 3.35 bits per heavy atom. The van der Waals surface area contributed by atoms with Gasteiger partial charge < -0.3 is 9.73 Å². The van der Waals surface area contributed by atoms with Crippen molar-refractivity contribution in [1.29, 1.82) is 0 Å². The van der Waals surface area contributed by atoms with E-state index < -0.39 is 0 Å². The molecular weight excluding hydrogens is 216 g/mol. The summed E-state index contributed by atoms with van der Waals surface area (Å²) in [5.74, 6) is 1.96. The van der Waals surface area contributed by atoms with Crippen LogP contribution in [0.4, 0.5) is 0 Å². The highest BCUT2D eigenvalue weighted by Crippen LogP contribution is 2.30. The van der Waals surface area contributed by atoms with E-state index in [4.69, 9.17) is 4.42 Å². The SMILES string of the molecule is Cn1cnc(CNC2CCCc3occc32)n1. The summed E-state index contributed by atoms with van der Waals surface area (Å²) in [5, 5.41) is 7.75. The lowest BCUT2D eigenvalue weighted by atomic mass is 9.93. The molecule has 2 aromatic rings. The Kier molecular flexibility index (Phi) is 2.68. The van der Waals surface area contributed by atoms with E-state index in [-0.39, 0.29) is 0 Å². The molecule has 0 bridgehead atoms. The molecule has 0 saturated heterocycles. The summed E-state index contributed by atoms with van der Waals surface area (Å²) in [4.78, 5) is 4.21. The van der Waals surface area contributed by atoms with Crippen molar-refractivity contribution in [2.45, 2.75) is 31.8 Å². The number of nitrogens with zero attached hydrogens (tertiary/aromatic N) is 3. The third-order valence-electron chi connectivity index (χ3n) is 3.21. The van der Waals surface area contributed by atoms with Gasteiger partial charge in [-0.05, 0) is 18.9 Å². The van der Waals surface area contributed by atoms with Gasteiger partial charge in [-0.2, -0.15) is 5.10 Å². The van der Waals surface area contributed by atoms with Crippen LogP contribution >= 0.6 is 0 Å². The van der Waals surface area contributed by atoms with E-state index in [2.05, 4.69) is 21.5 Å². The number of furan rings is 1. The van der Waals surface area contributed by atoms with E-state index in [0.29, 0.717) is 12.6 Å². The molecule has 1 aliphatic carbocycles. The van der Waals surface area contributed by atoms with Crippen molar-refractivity contribution in [1.82, 2.24) is 20.1 Å². The predicted octanol–water partition coefficient (Wildman–Crippen LogP) is 1.58. The van der Waals surface area contributed by atoms with Gasteiger partial charge in [0, 0.05) is 25.1 Å². The molecule has 0 amide bonds. The average molecular weight is 232 g/mol. The highest BCUT2D eigenvalue weighted by Gasteiger charge is 2.22. The first kappa shape index (κ1) is 10.5. The standard InChI is InChI=1S/C12H16N4O/c1-16-8-14-12(15-16)7-13-10-3-2-4-11-9(10)5-6-17-11/h5-6,8,10,13H,2-4,7H2,1H3. The number of hydrogen-bond acceptors (Lipinski definition) is 4. The topological polar surface area (TPSA) is 55.9 Å². The van der Waals surface area contributed by atoms with Crippen LogP contribution in [0.1, 0.15) is 36.0 Å². The Labute approximate surface area is 99.8 Å². The van der Waals surface area contributed by atoms with Crippen molar-refractivity contribution in [2.75, 3.05) is 0 Å². The van der Waals surface area contributed by atoms with Crippen LogP contribution in [-0.4, -0.2) is 14.8 Å². The Hall–Kier alpha value is -1.62. The van der Waals surface area contributed by atoms with Crippen LogP contribution in [0, 0.1) is 0 Å². The first-order valence-corrected chi connectivity index (χ1v) is 5.97. The first-order valence-electron chi connectivity index (χ1n) is 5.97. The van der Waals surface area contributed by atoms with Crippen LogP contribution in [-0.2, 0) is 20.0 Å². The summed E-state index contributed by atoms with van der Waals surface area (Å²) in [5.41, 5.74) is 1.30. The Morgan fingerprint density at radius 1 is 1.59 bits per heavy atom. The fraction of sp³-hybridized carbons (Fsp3) is 0.500. The molecule has 0 radical (unpaired) electrons. The summed E-state index contributed by atoms with van der Waals surface area (Å²) < 4.78 is 7.19. The van der Waals surface area contributed by atoms with Crippen LogP contribution in [0.5, 0.6) is 0 Å². The van der Waals surface area contributed by atoms with Crippen LogP contribution in [0.25, 0.3) is 0 Å². The number of nitrogens with one attached hydrogen (secondary N) is 1. The average Bonchev–Trinajstić information content (AvgIpc) is 2.94. The first-order chi connectivity index (χ1) is 8.33. The Balaban J connectivity index is 1.67. The van der Waals surface area contributed by atoms with Crippen molar-refractivity contribution in [3.8, 4) is 0 Å².